The van der Waals surface area contributed by atoms with Gasteiger partial charge < -0.3 is 0 Å². The first-order valence-electron chi connectivity index (χ1n) is 4.98. The minimum Gasteiger partial charge on any atom is -0.295 e. The number of carbonyl (C=O) groups excluding carboxylic acids is 1. The fourth-order valence-electron chi connectivity index (χ4n) is 1.31. The van der Waals surface area contributed by atoms with Crippen LogP contribution in [0.4, 0.5) is 5.13 Å². The van der Waals surface area contributed by atoms with Crippen molar-refractivity contribution in [2.24, 2.45) is 0 Å². The summed E-state index contributed by atoms with van der Waals surface area (Å²) >= 11 is 8.61. The maximum atomic E-state index is 11.7. The molecule has 0 radical (unpaired) electrons. The van der Waals surface area contributed by atoms with Gasteiger partial charge in [0.05, 0.1) is 14.9 Å². The van der Waals surface area contributed by atoms with Gasteiger partial charge >= 0.3 is 0 Å². The topological polar surface area (TPSA) is 96.5 Å². The molecule has 0 aliphatic rings. The molecule has 0 aliphatic carbocycles. The van der Waals surface area contributed by atoms with Gasteiger partial charge in [-0.2, -0.15) is 5.21 Å². The van der Waals surface area contributed by atoms with Gasteiger partial charge in [-0.15, -0.1) is 32.9 Å². The van der Waals surface area contributed by atoms with Crippen LogP contribution < -0.4 is 5.32 Å². The Bertz CT molecular complexity index is 706. The van der Waals surface area contributed by atoms with Crippen LogP contribution in [0.1, 0.15) is 10.6 Å². The molecule has 1 amide bonds. The number of thiazole rings is 1. The number of nitrogens with one attached hydrogen (secondary N) is 2. The van der Waals surface area contributed by atoms with Crippen molar-refractivity contribution in [3.05, 3.63) is 27.7 Å². The Labute approximate surface area is 119 Å². The summed E-state index contributed by atoms with van der Waals surface area (Å²) in [5, 5.41) is 17.6. The highest BCUT2D eigenvalue weighted by Crippen LogP contribution is 2.32. The molecule has 2 N–H and O–H groups in total. The summed E-state index contributed by atoms with van der Waals surface area (Å²) in [4.78, 5) is 16.9. The molecule has 7 nitrogen and oxygen atoms in total. The first-order chi connectivity index (χ1) is 9.22. The third-order valence-corrected chi connectivity index (χ3v) is 4.11. The van der Waals surface area contributed by atoms with Gasteiger partial charge in [-0.1, -0.05) is 11.6 Å². The maximum absolute atomic E-state index is 11.7. The molecular formula is C9H5ClN6OS2. The molecule has 0 saturated heterocycles. The molecule has 10 heteroatoms. The van der Waals surface area contributed by atoms with E-state index in [1.54, 1.807) is 6.07 Å². The van der Waals surface area contributed by atoms with E-state index in [4.69, 9.17) is 11.6 Å². The summed E-state index contributed by atoms with van der Waals surface area (Å²) < 4.78 is 0.695. The van der Waals surface area contributed by atoms with Crippen LogP contribution >= 0.6 is 34.3 Å². The molecule has 0 saturated carbocycles. The van der Waals surface area contributed by atoms with Gasteiger partial charge in [0.1, 0.15) is 0 Å². The number of aromatic nitrogens is 5. The molecule has 3 heterocycles. The standard InChI is InChI=1S/C9H5ClN6OS2/c10-6-2-1-5(19-6)4-3-18-9(11-4)12-8(17)7-13-15-16-14-7/h1-3H,(H,11,12,17)(H,13,14,15,16). The van der Waals surface area contributed by atoms with Crippen molar-refractivity contribution in [2.75, 3.05) is 5.32 Å². The third-order valence-electron chi connectivity index (χ3n) is 2.10. The lowest BCUT2D eigenvalue weighted by molar-refractivity contribution is 0.101. The molecular weight excluding hydrogens is 308 g/mol. The van der Waals surface area contributed by atoms with Gasteiger partial charge in [0.25, 0.3) is 11.7 Å². The average Bonchev–Trinajstić information content (AvgIpc) is 3.07. The fraction of sp³-hybridized carbons (Fsp3) is 0. The van der Waals surface area contributed by atoms with Crippen molar-refractivity contribution in [3.63, 3.8) is 0 Å². The van der Waals surface area contributed by atoms with Crippen molar-refractivity contribution in [1.82, 2.24) is 25.6 Å². The SMILES string of the molecule is O=C(Nc1nc(-c2ccc(Cl)s2)cs1)c1nn[nH]n1. The Morgan fingerprint density at radius 1 is 1.42 bits per heavy atom. The molecule has 3 aromatic heterocycles. The monoisotopic (exact) mass is 312 g/mol. The maximum Gasteiger partial charge on any atom is 0.299 e. The van der Waals surface area contributed by atoms with Crippen LogP contribution in [0.25, 0.3) is 10.6 Å². The molecule has 0 spiro atoms. The van der Waals surface area contributed by atoms with Crippen LogP contribution in [0.2, 0.25) is 4.34 Å². The molecule has 19 heavy (non-hydrogen) atoms. The van der Waals surface area contributed by atoms with Gasteiger partial charge in [-0.05, 0) is 17.3 Å². The number of anilines is 1. The van der Waals surface area contributed by atoms with Gasteiger partial charge in [0.15, 0.2) is 5.13 Å². The molecule has 0 aliphatic heterocycles. The number of aromatic amines is 1. The Morgan fingerprint density at radius 2 is 2.32 bits per heavy atom. The second-order valence-corrected chi connectivity index (χ2v) is 5.90. The van der Waals surface area contributed by atoms with Gasteiger partial charge in [-0.25, -0.2) is 4.98 Å². The van der Waals surface area contributed by atoms with Crippen LogP contribution in [0.15, 0.2) is 17.5 Å². The average molecular weight is 313 g/mol. The number of H-pyrrole nitrogens is 1. The van der Waals surface area contributed by atoms with Crippen molar-refractivity contribution in [2.45, 2.75) is 0 Å². The number of nitrogens with zero attached hydrogens (tertiary/aromatic N) is 4. The Kier molecular flexibility index (Phi) is 3.23. The zero-order valence-electron chi connectivity index (χ0n) is 9.12. The second kappa shape index (κ2) is 5.03. The van der Waals surface area contributed by atoms with Crippen molar-refractivity contribution >= 4 is 45.3 Å². The lowest BCUT2D eigenvalue weighted by atomic mass is 10.4. The molecule has 96 valence electrons. The van der Waals surface area contributed by atoms with Gasteiger partial charge in [0, 0.05) is 5.38 Å². The van der Waals surface area contributed by atoms with E-state index in [1.807, 2.05) is 11.4 Å². The molecule has 3 rings (SSSR count). The zero-order chi connectivity index (χ0) is 13.2. The minimum absolute atomic E-state index is 0.0316. The normalized spacial score (nSPS) is 10.6. The number of hydrogen-bond acceptors (Lipinski definition) is 7. The molecule has 0 aromatic carbocycles. The van der Waals surface area contributed by atoms with E-state index in [1.165, 1.54) is 22.7 Å². The Hall–Kier alpha value is -1.84. The zero-order valence-corrected chi connectivity index (χ0v) is 11.5. The van der Waals surface area contributed by atoms with Crippen LogP contribution in [0, 0.1) is 0 Å². The lowest BCUT2D eigenvalue weighted by Gasteiger charge is -1.95. The van der Waals surface area contributed by atoms with E-state index < -0.39 is 5.91 Å². The third kappa shape index (κ3) is 2.62. The van der Waals surface area contributed by atoms with Gasteiger partial charge in [-0.3, -0.25) is 10.1 Å². The number of halogens is 1. The number of tetrazole rings is 1. The number of hydrogen-bond donors (Lipinski definition) is 2. The number of rotatable bonds is 3. The molecule has 3 aromatic rings. The molecule has 0 atom stereocenters. The van der Waals surface area contributed by atoms with E-state index in [9.17, 15) is 4.79 Å². The van der Waals surface area contributed by atoms with Crippen LogP contribution in [-0.4, -0.2) is 31.5 Å². The Balaban J connectivity index is 1.77. The highest BCUT2D eigenvalue weighted by Gasteiger charge is 2.14. The van der Waals surface area contributed by atoms with E-state index in [0.29, 0.717) is 9.47 Å². The van der Waals surface area contributed by atoms with Crippen molar-refractivity contribution < 1.29 is 4.79 Å². The summed E-state index contributed by atoms with van der Waals surface area (Å²) in [6.45, 7) is 0. The molecule has 0 unspecified atom stereocenters. The first-order valence-corrected chi connectivity index (χ1v) is 7.06. The predicted molar refractivity (Wildman–Crippen MR) is 72.6 cm³/mol. The first kappa shape index (κ1) is 12.2. The van der Waals surface area contributed by atoms with E-state index in [0.717, 1.165) is 10.6 Å². The summed E-state index contributed by atoms with van der Waals surface area (Å²) in [7, 11) is 0. The summed E-state index contributed by atoms with van der Waals surface area (Å²) in [6, 6.07) is 3.69. The lowest BCUT2D eigenvalue weighted by Crippen LogP contribution is -2.13. The number of thiophene rings is 1. The number of carbonyl (C=O) groups is 1. The van der Waals surface area contributed by atoms with Crippen LogP contribution in [0.5, 0.6) is 0 Å². The quantitative estimate of drug-likeness (QED) is 0.773. The van der Waals surface area contributed by atoms with E-state index in [-0.39, 0.29) is 5.82 Å². The summed E-state index contributed by atoms with van der Waals surface area (Å²) in [5.74, 6) is -0.491. The Morgan fingerprint density at radius 3 is 3.00 bits per heavy atom. The highest BCUT2D eigenvalue weighted by molar-refractivity contribution is 7.20. The highest BCUT2D eigenvalue weighted by atomic mass is 35.5. The minimum atomic E-state index is -0.459. The fourth-order valence-corrected chi connectivity index (χ4v) is 3.09. The van der Waals surface area contributed by atoms with Gasteiger partial charge in [0.2, 0.25) is 0 Å². The van der Waals surface area contributed by atoms with E-state index in [2.05, 4.69) is 30.9 Å². The largest absolute Gasteiger partial charge is 0.299 e. The van der Waals surface area contributed by atoms with Crippen molar-refractivity contribution in [1.29, 1.82) is 0 Å². The van der Waals surface area contributed by atoms with Crippen LogP contribution in [-0.2, 0) is 0 Å². The van der Waals surface area contributed by atoms with Crippen LogP contribution in [0.3, 0.4) is 0 Å². The molecule has 0 bridgehead atoms. The number of amides is 1. The predicted octanol–water partition coefficient (Wildman–Crippen LogP) is 2.29. The smallest absolute Gasteiger partial charge is 0.295 e. The van der Waals surface area contributed by atoms with Crippen molar-refractivity contribution in [3.8, 4) is 10.6 Å². The van der Waals surface area contributed by atoms with E-state index >= 15 is 0 Å². The second-order valence-electron chi connectivity index (χ2n) is 3.33. The summed E-state index contributed by atoms with van der Waals surface area (Å²) in [5.41, 5.74) is 0.769. The summed E-state index contributed by atoms with van der Waals surface area (Å²) in [6.07, 6.45) is 0. The molecule has 0 fully saturated rings.